The third-order valence-corrected chi connectivity index (χ3v) is 3.08. The topological polar surface area (TPSA) is 72.9 Å². The van der Waals surface area contributed by atoms with E-state index < -0.39 is 6.04 Å². The maximum absolute atomic E-state index is 11.4. The van der Waals surface area contributed by atoms with Crippen molar-refractivity contribution in [2.45, 2.75) is 6.04 Å². The number of carbonyl (C=O) groups is 1. The highest BCUT2D eigenvalue weighted by Crippen LogP contribution is 2.35. The van der Waals surface area contributed by atoms with E-state index in [-0.39, 0.29) is 5.91 Å². The lowest BCUT2D eigenvalue weighted by Gasteiger charge is -2.08. The van der Waals surface area contributed by atoms with Gasteiger partial charge in [0.05, 0.1) is 17.0 Å². The summed E-state index contributed by atoms with van der Waals surface area (Å²) < 4.78 is 1.78. The zero-order chi connectivity index (χ0) is 12.0. The molecular weight excluding hydrogens is 240 g/mol. The summed E-state index contributed by atoms with van der Waals surface area (Å²) in [5, 5.41) is 3.26. The van der Waals surface area contributed by atoms with E-state index in [9.17, 15) is 4.79 Å². The van der Waals surface area contributed by atoms with Crippen molar-refractivity contribution in [3.63, 3.8) is 0 Å². The molecule has 1 aliphatic rings. The van der Waals surface area contributed by atoms with Crippen LogP contribution < -0.4 is 11.1 Å². The number of rotatable bonds is 1. The maximum Gasteiger partial charge on any atom is 0.245 e. The number of fused-ring (bicyclic) bond motifs is 1. The Bertz CT molecular complexity index is 594. The lowest BCUT2D eigenvalue weighted by atomic mass is 10.1. The minimum absolute atomic E-state index is 0.209. The van der Waals surface area contributed by atoms with Gasteiger partial charge in [-0.25, -0.2) is 4.98 Å². The second-order valence-electron chi connectivity index (χ2n) is 3.83. The number of nitrogens with one attached hydrogen (secondary N) is 1. The van der Waals surface area contributed by atoms with Crippen molar-refractivity contribution in [3.8, 4) is 5.69 Å². The minimum atomic E-state index is -0.640. The molecule has 3 N–H and O–H groups in total. The van der Waals surface area contributed by atoms with Crippen LogP contribution >= 0.6 is 11.6 Å². The molecule has 0 saturated heterocycles. The van der Waals surface area contributed by atoms with E-state index in [4.69, 9.17) is 17.3 Å². The molecule has 0 aliphatic carbocycles. The van der Waals surface area contributed by atoms with Crippen LogP contribution in [-0.2, 0) is 4.79 Å². The minimum Gasteiger partial charge on any atom is -0.324 e. The summed E-state index contributed by atoms with van der Waals surface area (Å²) in [6.45, 7) is 0. The van der Waals surface area contributed by atoms with Crippen LogP contribution in [0.15, 0.2) is 30.9 Å². The predicted octanol–water partition coefficient (Wildman–Crippen LogP) is 1.48. The Hall–Kier alpha value is -1.85. The summed E-state index contributed by atoms with van der Waals surface area (Å²) in [7, 11) is 0. The van der Waals surface area contributed by atoms with Gasteiger partial charge in [0, 0.05) is 23.6 Å². The molecule has 17 heavy (non-hydrogen) atoms. The van der Waals surface area contributed by atoms with Gasteiger partial charge in [-0.2, -0.15) is 0 Å². The first-order chi connectivity index (χ1) is 8.16. The molecule has 1 aromatic heterocycles. The Labute approximate surface area is 102 Å². The van der Waals surface area contributed by atoms with Gasteiger partial charge < -0.3 is 15.6 Å². The quantitative estimate of drug-likeness (QED) is 0.803. The lowest BCUT2D eigenvalue weighted by molar-refractivity contribution is -0.116. The zero-order valence-corrected chi connectivity index (χ0v) is 9.48. The summed E-state index contributed by atoms with van der Waals surface area (Å²) in [4.78, 5) is 15.4. The van der Waals surface area contributed by atoms with Crippen molar-refractivity contribution in [2.24, 2.45) is 5.73 Å². The Kier molecular flexibility index (Phi) is 2.17. The van der Waals surface area contributed by atoms with E-state index in [2.05, 4.69) is 10.3 Å². The Balaban J connectivity index is 2.16. The lowest BCUT2D eigenvalue weighted by Crippen LogP contribution is -2.19. The first kappa shape index (κ1) is 10.3. The molecule has 0 bridgehead atoms. The van der Waals surface area contributed by atoms with Crippen LogP contribution in [0.5, 0.6) is 0 Å². The molecule has 5 nitrogen and oxygen atoms in total. The fourth-order valence-electron chi connectivity index (χ4n) is 1.89. The maximum atomic E-state index is 11.4. The third-order valence-electron chi connectivity index (χ3n) is 2.78. The van der Waals surface area contributed by atoms with Crippen molar-refractivity contribution in [1.82, 2.24) is 9.55 Å². The van der Waals surface area contributed by atoms with Crippen molar-refractivity contribution in [3.05, 3.63) is 41.4 Å². The average Bonchev–Trinajstić information content (AvgIpc) is 2.90. The van der Waals surface area contributed by atoms with Crippen LogP contribution in [0.1, 0.15) is 11.6 Å². The van der Waals surface area contributed by atoms with Crippen molar-refractivity contribution < 1.29 is 4.79 Å². The predicted molar refractivity (Wildman–Crippen MR) is 64.1 cm³/mol. The molecule has 0 spiro atoms. The first-order valence-electron chi connectivity index (χ1n) is 5.05. The SMILES string of the molecule is NC1C(=O)Nc2cc(-n3ccnc3)c(Cl)cc21. The normalized spacial score (nSPS) is 18.0. The molecule has 1 amide bonds. The average molecular weight is 249 g/mol. The van der Waals surface area contributed by atoms with Crippen LogP contribution in [0, 0.1) is 0 Å². The number of imidazole rings is 1. The number of amides is 1. The van der Waals surface area contributed by atoms with Crippen LogP contribution in [0.3, 0.4) is 0 Å². The first-order valence-corrected chi connectivity index (χ1v) is 5.43. The van der Waals surface area contributed by atoms with Crippen molar-refractivity contribution in [1.29, 1.82) is 0 Å². The van der Waals surface area contributed by atoms with E-state index >= 15 is 0 Å². The van der Waals surface area contributed by atoms with Gasteiger partial charge in [0.25, 0.3) is 0 Å². The number of halogens is 1. The monoisotopic (exact) mass is 248 g/mol. The van der Waals surface area contributed by atoms with E-state index in [0.717, 1.165) is 11.3 Å². The molecule has 1 aromatic carbocycles. The molecule has 2 heterocycles. The number of nitrogens with two attached hydrogens (primary N) is 1. The number of nitrogens with zero attached hydrogens (tertiary/aromatic N) is 2. The highest BCUT2D eigenvalue weighted by atomic mass is 35.5. The standard InChI is InChI=1S/C11H9ClN4O/c12-7-3-6-8(15-11(17)10(6)13)4-9(7)16-2-1-14-5-16/h1-5,10H,13H2,(H,15,17). The fraction of sp³-hybridized carbons (Fsp3) is 0.0909. The smallest absolute Gasteiger partial charge is 0.245 e. The summed E-state index contributed by atoms with van der Waals surface area (Å²) >= 11 is 6.17. The highest BCUT2D eigenvalue weighted by Gasteiger charge is 2.28. The summed E-state index contributed by atoms with van der Waals surface area (Å²) in [5.41, 5.74) is 7.93. The van der Waals surface area contributed by atoms with Gasteiger partial charge in [-0.15, -0.1) is 0 Å². The molecule has 3 rings (SSSR count). The van der Waals surface area contributed by atoms with Gasteiger partial charge in [-0.1, -0.05) is 11.6 Å². The van der Waals surface area contributed by atoms with Gasteiger partial charge in [-0.05, 0) is 12.1 Å². The molecule has 2 aromatic rings. The van der Waals surface area contributed by atoms with Gasteiger partial charge in [0.15, 0.2) is 0 Å². The number of hydrogen-bond acceptors (Lipinski definition) is 3. The number of carbonyl (C=O) groups excluding carboxylic acids is 1. The zero-order valence-electron chi connectivity index (χ0n) is 8.72. The second kappa shape index (κ2) is 3.58. The van der Waals surface area contributed by atoms with E-state index in [0.29, 0.717) is 10.7 Å². The molecule has 86 valence electrons. The Morgan fingerprint density at radius 2 is 2.29 bits per heavy atom. The summed E-state index contributed by atoms with van der Waals surface area (Å²) in [6, 6.07) is 2.87. The van der Waals surface area contributed by atoms with Gasteiger partial charge >= 0.3 is 0 Å². The number of anilines is 1. The van der Waals surface area contributed by atoms with E-state index in [1.165, 1.54) is 0 Å². The number of aromatic nitrogens is 2. The van der Waals surface area contributed by atoms with Crippen molar-refractivity contribution >= 4 is 23.2 Å². The molecule has 1 unspecified atom stereocenters. The molecule has 0 fully saturated rings. The van der Waals surface area contributed by atoms with Gasteiger partial charge in [-0.3, -0.25) is 4.79 Å². The largest absolute Gasteiger partial charge is 0.324 e. The van der Waals surface area contributed by atoms with Crippen LogP contribution in [0.4, 0.5) is 5.69 Å². The van der Waals surface area contributed by atoms with Gasteiger partial charge in [0.2, 0.25) is 5.91 Å². The van der Waals surface area contributed by atoms with E-state index in [1.54, 1.807) is 35.4 Å². The van der Waals surface area contributed by atoms with Crippen LogP contribution in [0.25, 0.3) is 5.69 Å². The number of hydrogen-bond donors (Lipinski definition) is 2. The summed E-state index contributed by atoms with van der Waals surface area (Å²) in [5.74, 6) is -0.209. The molecule has 0 radical (unpaired) electrons. The third kappa shape index (κ3) is 1.51. The number of benzene rings is 1. The van der Waals surface area contributed by atoms with E-state index in [1.807, 2.05) is 0 Å². The molecular formula is C11H9ClN4O. The molecule has 1 atom stereocenters. The Morgan fingerprint density at radius 1 is 1.47 bits per heavy atom. The molecule has 0 saturated carbocycles. The van der Waals surface area contributed by atoms with Crippen molar-refractivity contribution in [2.75, 3.05) is 5.32 Å². The van der Waals surface area contributed by atoms with Crippen LogP contribution in [0.2, 0.25) is 5.02 Å². The molecule has 1 aliphatic heterocycles. The second-order valence-corrected chi connectivity index (χ2v) is 4.23. The highest BCUT2D eigenvalue weighted by molar-refractivity contribution is 6.32. The molecule has 6 heteroatoms. The summed E-state index contributed by atoms with van der Waals surface area (Å²) in [6.07, 6.45) is 5.09. The fourth-order valence-corrected chi connectivity index (χ4v) is 2.16. The Morgan fingerprint density at radius 3 is 3.00 bits per heavy atom. The van der Waals surface area contributed by atoms with Crippen LogP contribution in [-0.4, -0.2) is 15.5 Å². The van der Waals surface area contributed by atoms with Gasteiger partial charge in [0.1, 0.15) is 6.04 Å².